The summed E-state index contributed by atoms with van der Waals surface area (Å²) in [7, 11) is 0. The summed E-state index contributed by atoms with van der Waals surface area (Å²) in [4.78, 5) is 26.0. The first-order valence-corrected chi connectivity index (χ1v) is 6.47. The van der Waals surface area contributed by atoms with Gasteiger partial charge in [0.1, 0.15) is 6.61 Å². The van der Waals surface area contributed by atoms with Crippen molar-refractivity contribution in [2.75, 3.05) is 0 Å². The summed E-state index contributed by atoms with van der Waals surface area (Å²) in [6.07, 6.45) is 2.17. The number of rotatable bonds is 5. The Balaban J connectivity index is 2.10. The molecule has 0 aliphatic carbocycles. The lowest BCUT2D eigenvalue weighted by atomic mass is 10.1. The minimum atomic E-state index is -0.255. The Morgan fingerprint density at radius 2 is 2.11 bits per heavy atom. The molecule has 1 N–H and O–H groups in total. The first-order chi connectivity index (χ1) is 9.20. The third-order valence-corrected chi connectivity index (χ3v) is 2.95. The highest BCUT2D eigenvalue weighted by atomic mass is 16.5. The number of aromatic amines is 1. The molecular formula is C15H17NO3. The molecule has 1 aromatic carbocycles. The smallest absolute Gasteiger partial charge is 0.306 e. The number of H-pyrrole nitrogens is 1. The van der Waals surface area contributed by atoms with Gasteiger partial charge >= 0.3 is 5.97 Å². The van der Waals surface area contributed by atoms with Gasteiger partial charge in [0.05, 0.1) is 5.56 Å². The maximum atomic E-state index is 11.8. The Morgan fingerprint density at radius 3 is 2.89 bits per heavy atom. The summed E-state index contributed by atoms with van der Waals surface area (Å²) in [6, 6.07) is 9.28. The van der Waals surface area contributed by atoms with Crippen LogP contribution in [0.1, 0.15) is 31.7 Å². The molecule has 0 amide bonds. The van der Waals surface area contributed by atoms with Gasteiger partial charge in [-0.05, 0) is 23.9 Å². The van der Waals surface area contributed by atoms with Gasteiger partial charge in [0, 0.05) is 11.9 Å². The number of fused-ring (bicyclic) bond motifs is 1. The van der Waals surface area contributed by atoms with Crippen LogP contribution in [-0.4, -0.2) is 11.0 Å². The molecular weight excluding hydrogens is 242 g/mol. The van der Waals surface area contributed by atoms with Crippen LogP contribution in [-0.2, 0) is 16.1 Å². The quantitative estimate of drug-likeness (QED) is 0.840. The third kappa shape index (κ3) is 3.44. The molecule has 0 atom stereocenters. The van der Waals surface area contributed by atoms with Crippen LogP contribution in [0.2, 0.25) is 0 Å². The van der Waals surface area contributed by atoms with Crippen molar-refractivity contribution >= 4 is 16.9 Å². The highest BCUT2D eigenvalue weighted by molar-refractivity contribution is 5.78. The van der Waals surface area contributed by atoms with Crippen molar-refractivity contribution in [3.05, 3.63) is 46.2 Å². The van der Waals surface area contributed by atoms with Gasteiger partial charge in [-0.1, -0.05) is 31.5 Å². The Hall–Kier alpha value is -2.10. The maximum absolute atomic E-state index is 11.8. The monoisotopic (exact) mass is 259 g/mol. The largest absolute Gasteiger partial charge is 0.461 e. The van der Waals surface area contributed by atoms with Crippen molar-refractivity contribution in [2.24, 2.45) is 0 Å². The number of benzene rings is 1. The van der Waals surface area contributed by atoms with E-state index in [2.05, 4.69) is 4.98 Å². The van der Waals surface area contributed by atoms with Crippen molar-refractivity contribution in [3.8, 4) is 0 Å². The predicted octanol–water partition coefficient (Wildman–Crippen LogP) is 2.76. The number of hydrogen-bond acceptors (Lipinski definition) is 3. The lowest BCUT2D eigenvalue weighted by Gasteiger charge is -2.05. The van der Waals surface area contributed by atoms with Crippen LogP contribution < -0.4 is 5.56 Å². The van der Waals surface area contributed by atoms with Crippen LogP contribution >= 0.6 is 0 Å². The van der Waals surface area contributed by atoms with E-state index in [4.69, 9.17) is 4.74 Å². The van der Waals surface area contributed by atoms with E-state index in [1.165, 1.54) is 0 Å². The van der Waals surface area contributed by atoms with Gasteiger partial charge in [0.25, 0.3) is 5.56 Å². The number of carbonyl (C=O) groups excluding carboxylic acids is 1. The lowest BCUT2D eigenvalue weighted by molar-refractivity contribution is -0.145. The minimum absolute atomic E-state index is 0.0305. The average molecular weight is 259 g/mol. The van der Waals surface area contributed by atoms with Crippen LogP contribution in [0, 0.1) is 0 Å². The zero-order valence-corrected chi connectivity index (χ0v) is 10.9. The zero-order chi connectivity index (χ0) is 13.7. The van der Waals surface area contributed by atoms with Crippen LogP contribution in [0.15, 0.2) is 35.1 Å². The molecule has 19 heavy (non-hydrogen) atoms. The molecule has 4 heteroatoms. The molecule has 2 aromatic rings. The fraction of sp³-hybridized carbons (Fsp3) is 0.333. The molecule has 0 bridgehead atoms. The Labute approximate surface area is 111 Å². The van der Waals surface area contributed by atoms with Gasteiger partial charge in [-0.15, -0.1) is 0 Å². The number of pyridine rings is 1. The number of aromatic nitrogens is 1. The van der Waals surface area contributed by atoms with Crippen molar-refractivity contribution in [3.63, 3.8) is 0 Å². The highest BCUT2D eigenvalue weighted by Crippen LogP contribution is 2.10. The predicted molar refractivity (Wildman–Crippen MR) is 73.9 cm³/mol. The van der Waals surface area contributed by atoms with E-state index < -0.39 is 0 Å². The van der Waals surface area contributed by atoms with E-state index in [-0.39, 0.29) is 18.1 Å². The SMILES string of the molecule is CCCCC(=O)OCc1cc2ccccc2[nH]c1=O. The van der Waals surface area contributed by atoms with Gasteiger partial charge in [-0.3, -0.25) is 9.59 Å². The normalized spacial score (nSPS) is 10.6. The highest BCUT2D eigenvalue weighted by Gasteiger charge is 2.06. The van der Waals surface area contributed by atoms with E-state index in [1.54, 1.807) is 6.07 Å². The molecule has 1 aromatic heterocycles. The summed E-state index contributed by atoms with van der Waals surface area (Å²) >= 11 is 0. The second-order valence-electron chi connectivity index (χ2n) is 4.48. The summed E-state index contributed by atoms with van der Waals surface area (Å²) in [6.45, 7) is 2.05. The molecule has 0 aliphatic heterocycles. The van der Waals surface area contributed by atoms with Crippen LogP contribution in [0.5, 0.6) is 0 Å². The Kier molecular flexibility index (Phi) is 4.34. The second-order valence-corrected chi connectivity index (χ2v) is 4.48. The molecule has 100 valence electrons. The summed E-state index contributed by atoms with van der Waals surface area (Å²) in [5.41, 5.74) is 1.05. The standard InChI is InChI=1S/C15H17NO3/c1-2-3-8-14(17)19-10-12-9-11-6-4-5-7-13(11)16-15(12)18/h4-7,9H,2-3,8,10H2,1H3,(H,16,18). The van der Waals surface area contributed by atoms with Crippen molar-refractivity contribution in [1.29, 1.82) is 0 Å². The van der Waals surface area contributed by atoms with Gasteiger partial charge in [0.15, 0.2) is 0 Å². The molecule has 0 saturated heterocycles. The Morgan fingerprint density at radius 1 is 1.32 bits per heavy atom. The first-order valence-electron chi connectivity index (χ1n) is 6.47. The van der Waals surface area contributed by atoms with Crippen LogP contribution in [0.25, 0.3) is 10.9 Å². The van der Waals surface area contributed by atoms with Crippen LogP contribution in [0.4, 0.5) is 0 Å². The van der Waals surface area contributed by atoms with Gasteiger partial charge in [-0.25, -0.2) is 0 Å². The van der Waals surface area contributed by atoms with Gasteiger partial charge < -0.3 is 9.72 Å². The summed E-state index contributed by atoms with van der Waals surface area (Å²) in [5, 5.41) is 0.932. The molecule has 4 nitrogen and oxygen atoms in total. The number of ether oxygens (including phenoxy) is 1. The first kappa shape index (κ1) is 13.3. The second kappa shape index (κ2) is 6.18. The molecule has 0 spiro atoms. The van der Waals surface area contributed by atoms with E-state index in [9.17, 15) is 9.59 Å². The van der Waals surface area contributed by atoms with E-state index in [1.807, 2.05) is 31.2 Å². The molecule has 0 saturated carbocycles. The fourth-order valence-corrected chi connectivity index (χ4v) is 1.85. The van der Waals surface area contributed by atoms with Crippen molar-refractivity contribution in [1.82, 2.24) is 4.98 Å². The topological polar surface area (TPSA) is 59.2 Å². The number of nitrogens with one attached hydrogen (secondary N) is 1. The molecule has 0 fully saturated rings. The maximum Gasteiger partial charge on any atom is 0.306 e. The van der Waals surface area contributed by atoms with Crippen molar-refractivity contribution in [2.45, 2.75) is 32.8 Å². The number of para-hydroxylation sites is 1. The molecule has 0 aliphatic rings. The number of esters is 1. The molecule has 2 rings (SSSR count). The Bertz CT molecular complexity index is 631. The van der Waals surface area contributed by atoms with E-state index in [0.29, 0.717) is 12.0 Å². The zero-order valence-electron chi connectivity index (χ0n) is 10.9. The number of hydrogen-bond donors (Lipinski definition) is 1. The van der Waals surface area contributed by atoms with E-state index >= 15 is 0 Å². The number of carbonyl (C=O) groups is 1. The molecule has 1 heterocycles. The van der Waals surface area contributed by atoms with E-state index in [0.717, 1.165) is 23.7 Å². The number of unbranched alkanes of at least 4 members (excludes halogenated alkanes) is 1. The summed E-state index contributed by atoms with van der Waals surface area (Å²) in [5.74, 6) is -0.255. The third-order valence-electron chi connectivity index (χ3n) is 2.95. The van der Waals surface area contributed by atoms with Crippen LogP contribution in [0.3, 0.4) is 0 Å². The minimum Gasteiger partial charge on any atom is -0.461 e. The van der Waals surface area contributed by atoms with Crippen molar-refractivity contribution < 1.29 is 9.53 Å². The lowest BCUT2D eigenvalue weighted by Crippen LogP contribution is -2.15. The van der Waals surface area contributed by atoms with Gasteiger partial charge in [0.2, 0.25) is 0 Å². The fourth-order valence-electron chi connectivity index (χ4n) is 1.85. The average Bonchev–Trinajstić information content (AvgIpc) is 2.42. The molecule has 0 radical (unpaired) electrons. The van der Waals surface area contributed by atoms with Gasteiger partial charge in [-0.2, -0.15) is 0 Å². The molecule has 0 unspecified atom stereocenters. The summed E-state index contributed by atoms with van der Waals surface area (Å²) < 4.78 is 5.10.